The molecule has 1 fully saturated rings. The summed E-state index contributed by atoms with van der Waals surface area (Å²) >= 11 is 5.57. The van der Waals surface area contributed by atoms with E-state index in [1.165, 1.54) is 0 Å². The Hall–Kier alpha value is -0.240. The molecule has 2 atom stereocenters. The van der Waals surface area contributed by atoms with Crippen LogP contribution < -0.4 is 0 Å². The van der Waals surface area contributed by atoms with Crippen molar-refractivity contribution < 1.29 is 4.79 Å². The van der Waals surface area contributed by atoms with Crippen molar-refractivity contribution >= 4 is 17.5 Å². The van der Waals surface area contributed by atoms with Gasteiger partial charge >= 0.3 is 0 Å². The first-order valence-corrected chi connectivity index (χ1v) is 4.05. The van der Waals surface area contributed by atoms with Gasteiger partial charge in [-0.3, -0.25) is 4.79 Å². The predicted molar refractivity (Wildman–Crippen MR) is 40.8 cm³/mol. The number of amides is 1. The largest absolute Gasteiger partial charge is 0.326 e. The van der Waals surface area contributed by atoms with Crippen LogP contribution in [0.15, 0.2) is 0 Å². The Morgan fingerprint density at radius 2 is 2.30 bits per heavy atom. The third kappa shape index (κ3) is 1.12. The molecule has 2 unspecified atom stereocenters. The summed E-state index contributed by atoms with van der Waals surface area (Å²) in [5, 5.41) is 0. The molecule has 10 heavy (non-hydrogen) atoms. The van der Waals surface area contributed by atoms with E-state index >= 15 is 0 Å². The van der Waals surface area contributed by atoms with Gasteiger partial charge in [0.1, 0.15) is 0 Å². The number of carbonyl (C=O) groups excluding carboxylic acids is 1. The summed E-state index contributed by atoms with van der Waals surface area (Å²) in [7, 11) is 0. The van der Waals surface area contributed by atoms with Gasteiger partial charge in [-0.15, -0.1) is 11.6 Å². The van der Waals surface area contributed by atoms with Crippen LogP contribution in [0.5, 0.6) is 0 Å². The molecule has 1 aliphatic rings. The molecule has 0 aromatic heterocycles. The lowest BCUT2D eigenvalue weighted by molar-refractivity contribution is -0.127. The fourth-order valence-electron chi connectivity index (χ4n) is 1.27. The molecule has 0 aliphatic carbocycles. The lowest BCUT2D eigenvalue weighted by Crippen LogP contribution is -2.31. The van der Waals surface area contributed by atoms with E-state index in [1.54, 1.807) is 4.90 Å². The lowest BCUT2D eigenvalue weighted by Gasteiger charge is -2.19. The first-order valence-electron chi connectivity index (χ1n) is 3.52. The Morgan fingerprint density at radius 3 is 2.50 bits per heavy atom. The normalized spacial score (nSPS) is 33.5. The maximum absolute atomic E-state index is 11.1. The van der Waals surface area contributed by atoms with Gasteiger partial charge in [0, 0.05) is 12.5 Å². The summed E-state index contributed by atoms with van der Waals surface area (Å²) in [6.45, 7) is 4.12. The van der Waals surface area contributed by atoms with E-state index in [0.717, 1.165) is 0 Å². The minimum absolute atomic E-state index is 0.190. The molecule has 1 aliphatic heterocycles. The van der Waals surface area contributed by atoms with Crippen LogP contribution >= 0.6 is 11.6 Å². The first kappa shape index (κ1) is 7.86. The molecule has 0 saturated carbocycles. The summed E-state index contributed by atoms with van der Waals surface area (Å²) in [6, 6.07) is 0.662. The molecule has 0 N–H and O–H groups in total. The molecule has 0 radical (unpaired) electrons. The Kier molecular flexibility index (Phi) is 2.19. The van der Waals surface area contributed by atoms with E-state index in [2.05, 4.69) is 6.92 Å². The van der Waals surface area contributed by atoms with Gasteiger partial charge in [-0.1, -0.05) is 6.92 Å². The van der Waals surface area contributed by atoms with Gasteiger partial charge in [-0.05, 0) is 12.8 Å². The zero-order chi connectivity index (χ0) is 7.72. The van der Waals surface area contributed by atoms with Crippen LogP contribution in [-0.4, -0.2) is 22.9 Å². The third-order valence-electron chi connectivity index (χ3n) is 2.26. The molecule has 0 aromatic carbocycles. The van der Waals surface area contributed by atoms with E-state index in [-0.39, 0.29) is 5.91 Å². The van der Waals surface area contributed by atoms with Crippen molar-refractivity contribution in [1.29, 1.82) is 0 Å². The van der Waals surface area contributed by atoms with Crippen molar-refractivity contribution in [2.75, 3.05) is 6.00 Å². The Bertz CT molecular complexity index is 149. The summed E-state index contributed by atoms with van der Waals surface area (Å²) < 4.78 is 0. The van der Waals surface area contributed by atoms with Crippen molar-refractivity contribution in [3.8, 4) is 0 Å². The smallest absolute Gasteiger partial charge is 0.224 e. The van der Waals surface area contributed by atoms with Gasteiger partial charge in [0.15, 0.2) is 0 Å². The van der Waals surface area contributed by atoms with Crippen molar-refractivity contribution in [1.82, 2.24) is 4.90 Å². The average molecular weight is 162 g/mol. The van der Waals surface area contributed by atoms with Crippen LogP contribution in [0.4, 0.5) is 0 Å². The lowest BCUT2D eigenvalue weighted by atomic mass is 10.1. The van der Waals surface area contributed by atoms with Gasteiger partial charge in [-0.2, -0.15) is 0 Å². The maximum Gasteiger partial charge on any atom is 0.224 e. The topological polar surface area (TPSA) is 20.3 Å². The predicted octanol–water partition coefficient (Wildman–Crippen LogP) is 1.44. The van der Waals surface area contributed by atoms with Gasteiger partial charge < -0.3 is 4.90 Å². The van der Waals surface area contributed by atoms with Gasteiger partial charge in [-0.25, -0.2) is 0 Å². The molecule has 3 heteroatoms. The number of hydrogen-bond donors (Lipinski definition) is 0. The molecule has 58 valence electrons. The SMILES string of the molecule is CC1CC(=O)N(CCl)C1C. The molecule has 1 rings (SSSR count). The van der Waals surface area contributed by atoms with Crippen LogP contribution in [0.1, 0.15) is 20.3 Å². The molecule has 0 spiro atoms. The second kappa shape index (κ2) is 2.79. The molecule has 1 amide bonds. The van der Waals surface area contributed by atoms with Crippen molar-refractivity contribution in [2.45, 2.75) is 26.3 Å². The Balaban J connectivity index is 2.64. The van der Waals surface area contributed by atoms with E-state index in [4.69, 9.17) is 11.6 Å². The first-order chi connectivity index (χ1) is 4.66. The number of carbonyl (C=O) groups is 1. The van der Waals surface area contributed by atoms with Crippen molar-refractivity contribution in [3.63, 3.8) is 0 Å². The monoisotopic (exact) mass is 161 g/mol. The standard InChI is InChI=1S/C7H12ClNO/c1-5-3-7(10)9(4-8)6(5)2/h5-6H,3-4H2,1-2H3. The second-order valence-electron chi connectivity index (χ2n) is 2.91. The molecule has 0 aromatic rings. The number of halogens is 1. The van der Waals surface area contributed by atoms with Crippen LogP contribution in [0.2, 0.25) is 0 Å². The van der Waals surface area contributed by atoms with Crippen LogP contribution in [0.25, 0.3) is 0 Å². The van der Waals surface area contributed by atoms with E-state index in [0.29, 0.717) is 24.4 Å². The Morgan fingerprint density at radius 1 is 1.70 bits per heavy atom. The van der Waals surface area contributed by atoms with Gasteiger partial charge in [0.05, 0.1) is 6.00 Å². The van der Waals surface area contributed by atoms with Crippen molar-refractivity contribution in [2.24, 2.45) is 5.92 Å². The molecule has 1 saturated heterocycles. The fraction of sp³-hybridized carbons (Fsp3) is 0.857. The number of rotatable bonds is 1. The highest BCUT2D eigenvalue weighted by atomic mass is 35.5. The molecule has 1 heterocycles. The quantitative estimate of drug-likeness (QED) is 0.421. The number of hydrogen-bond acceptors (Lipinski definition) is 1. The number of nitrogens with zero attached hydrogens (tertiary/aromatic N) is 1. The third-order valence-corrected chi connectivity index (χ3v) is 2.52. The molecule has 0 bridgehead atoms. The van der Waals surface area contributed by atoms with Gasteiger partial charge in [0.2, 0.25) is 5.91 Å². The van der Waals surface area contributed by atoms with E-state index < -0.39 is 0 Å². The highest BCUT2D eigenvalue weighted by molar-refractivity contribution is 6.18. The minimum Gasteiger partial charge on any atom is -0.326 e. The van der Waals surface area contributed by atoms with E-state index in [1.807, 2.05) is 6.92 Å². The van der Waals surface area contributed by atoms with Gasteiger partial charge in [0.25, 0.3) is 0 Å². The van der Waals surface area contributed by atoms with Crippen molar-refractivity contribution in [3.05, 3.63) is 0 Å². The van der Waals surface area contributed by atoms with E-state index in [9.17, 15) is 4.79 Å². The molecule has 2 nitrogen and oxygen atoms in total. The second-order valence-corrected chi connectivity index (χ2v) is 3.14. The summed E-state index contributed by atoms with van der Waals surface area (Å²) in [4.78, 5) is 12.8. The molecular weight excluding hydrogens is 150 g/mol. The highest BCUT2D eigenvalue weighted by Gasteiger charge is 2.32. The fourth-order valence-corrected chi connectivity index (χ4v) is 1.62. The highest BCUT2D eigenvalue weighted by Crippen LogP contribution is 2.24. The molecular formula is C7H12ClNO. The van der Waals surface area contributed by atoms with Crippen LogP contribution in [-0.2, 0) is 4.79 Å². The summed E-state index contributed by atoms with van der Waals surface area (Å²) in [5.41, 5.74) is 0. The zero-order valence-electron chi connectivity index (χ0n) is 6.30. The summed E-state index contributed by atoms with van der Waals surface area (Å²) in [5.74, 6) is 0.654. The average Bonchev–Trinajstić information content (AvgIpc) is 2.09. The number of alkyl halides is 1. The Labute approximate surface area is 66.1 Å². The zero-order valence-corrected chi connectivity index (χ0v) is 7.06. The van der Waals surface area contributed by atoms with Crippen LogP contribution in [0, 0.1) is 5.92 Å². The van der Waals surface area contributed by atoms with Crippen LogP contribution in [0.3, 0.4) is 0 Å². The minimum atomic E-state index is 0.190. The number of likely N-dealkylation sites (tertiary alicyclic amines) is 1. The summed E-state index contributed by atoms with van der Waals surface area (Å²) in [6.07, 6.45) is 0.661. The maximum atomic E-state index is 11.1.